The van der Waals surface area contributed by atoms with E-state index in [1.165, 1.54) is 17.3 Å². The lowest BCUT2D eigenvalue weighted by atomic mass is 9.96. The number of aromatic nitrogens is 1. The van der Waals surface area contributed by atoms with Crippen LogP contribution in [0.25, 0.3) is 10.9 Å². The number of benzene rings is 2. The Balaban J connectivity index is 1.67. The zero-order chi connectivity index (χ0) is 23.5. The Kier molecular flexibility index (Phi) is 9.98. The fourth-order valence-electron chi connectivity index (χ4n) is 3.86. The van der Waals surface area contributed by atoms with Gasteiger partial charge in [-0.1, -0.05) is 66.4 Å². The van der Waals surface area contributed by atoms with E-state index in [0.717, 1.165) is 28.8 Å². The van der Waals surface area contributed by atoms with Gasteiger partial charge in [-0.25, -0.2) is 9.78 Å². The van der Waals surface area contributed by atoms with Crippen molar-refractivity contribution in [2.75, 3.05) is 24.9 Å². The average Bonchev–Trinajstić information content (AvgIpc) is 2.83. The highest BCUT2D eigenvalue weighted by molar-refractivity contribution is 8.03. The maximum atomic E-state index is 13.2. The molecule has 3 rings (SSSR count). The molecule has 0 bridgehead atoms. The van der Waals surface area contributed by atoms with Crippen LogP contribution in [0.1, 0.15) is 32.3 Å². The lowest BCUT2D eigenvalue weighted by Crippen LogP contribution is -2.46. The van der Waals surface area contributed by atoms with Crippen molar-refractivity contribution in [3.63, 3.8) is 0 Å². The third-order valence-corrected chi connectivity index (χ3v) is 8.75. The summed E-state index contributed by atoms with van der Waals surface area (Å²) in [7, 11) is -2.13. The average molecular weight is 486 g/mol. The maximum Gasteiger partial charge on any atom is 0.338 e. The highest BCUT2D eigenvalue weighted by Gasteiger charge is 2.41. The molecule has 0 saturated carbocycles. The Labute approximate surface area is 201 Å². The number of fused-ring (bicyclic) bond motifs is 1. The van der Waals surface area contributed by atoms with Crippen LogP contribution in [0, 0.1) is 0 Å². The van der Waals surface area contributed by atoms with Crippen LogP contribution in [0.4, 0.5) is 0 Å². The summed E-state index contributed by atoms with van der Waals surface area (Å²) in [6.07, 6.45) is 2.23. The van der Waals surface area contributed by atoms with Gasteiger partial charge in [-0.05, 0) is 50.8 Å². The van der Waals surface area contributed by atoms with E-state index in [-0.39, 0.29) is 12.8 Å². The normalized spacial score (nSPS) is 14.0. The van der Waals surface area contributed by atoms with E-state index >= 15 is 0 Å². The molecular weight excluding hydrogens is 453 g/mol. The minimum atomic E-state index is -2.13. The number of para-hydroxylation sites is 1. The first-order valence-corrected chi connectivity index (χ1v) is 14.2. The number of hydrogen-bond acceptors (Lipinski definition) is 6. The maximum absolute atomic E-state index is 13.2. The zero-order valence-corrected chi connectivity index (χ0v) is 21.1. The molecule has 1 aromatic heterocycles. The number of rotatable bonds is 13. The van der Waals surface area contributed by atoms with E-state index in [1.54, 1.807) is 6.92 Å². The van der Waals surface area contributed by atoms with E-state index in [2.05, 4.69) is 17.1 Å². The SMILES string of the molecule is CCOC(=O)C(CCCc1ccccc1)(C[PH](=O)CSc1ccc2ccccc2n1)OCC. The van der Waals surface area contributed by atoms with E-state index in [9.17, 15) is 9.36 Å². The third-order valence-electron chi connectivity index (χ3n) is 5.39. The molecule has 5 nitrogen and oxygen atoms in total. The highest BCUT2D eigenvalue weighted by Crippen LogP contribution is 2.38. The molecule has 0 N–H and O–H groups in total. The van der Waals surface area contributed by atoms with Gasteiger partial charge in [0.2, 0.25) is 0 Å². The predicted molar refractivity (Wildman–Crippen MR) is 137 cm³/mol. The second kappa shape index (κ2) is 12.9. The first-order chi connectivity index (χ1) is 16.1. The molecule has 0 radical (unpaired) electrons. The van der Waals surface area contributed by atoms with Crippen molar-refractivity contribution < 1.29 is 18.8 Å². The third kappa shape index (κ3) is 7.43. The summed E-state index contributed by atoms with van der Waals surface area (Å²) in [6, 6.07) is 22.0. The smallest absolute Gasteiger partial charge is 0.338 e. The summed E-state index contributed by atoms with van der Waals surface area (Å²) in [5.74, 6) is -0.410. The first-order valence-electron chi connectivity index (χ1n) is 11.4. The van der Waals surface area contributed by atoms with Crippen LogP contribution in [0.5, 0.6) is 0 Å². The molecule has 2 atom stereocenters. The van der Waals surface area contributed by atoms with Gasteiger partial charge in [0.1, 0.15) is 0 Å². The van der Waals surface area contributed by atoms with Crippen molar-refractivity contribution in [2.45, 2.75) is 43.7 Å². The quantitative estimate of drug-likeness (QED) is 0.163. The van der Waals surface area contributed by atoms with Crippen LogP contribution in [-0.2, 0) is 25.3 Å². The minimum Gasteiger partial charge on any atom is -0.464 e. The summed E-state index contributed by atoms with van der Waals surface area (Å²) in [4.78, 5) is 17.6. The van der Waals surface area contributed by atoms with E-state index in [1.807, 2.05) is 61.5 Å². The minimum absolute atomic E-state index is 0.180. The number of pyridine rings is 1. The largest absolute Gasteiger partial charge is 0.464 e. The van der Waals surface area contributed by atoms with Gasteiger partial charge in [0.25, 0.3) is 0 Å². The lowest BCUT2D eigenvalue weighted by molar-refractivity contribution is -0.170. The van der Waals surface area contributed by atoms with Crippen molar-refractivity contribution in [2.24, 2.45) is 0 Å². The van der Waals surface area contributed by atoms with Gasteiger partial charge < -0.3 is 14.0 Å². The first kappa shape index (κ1) is 25.5. The monoisotopic (exact) mass is 485 g/mol. The Hall–Kier alpha value is -2.14. The van der Waals surface area contributed by atoms with E-state index in [4.69, 9.17) is 9.47 Å². The molecule has 3 aromatic rings. The van der Waals surface area contributed by atoms with Crippen LogP contribution in [0.2, 0.25) is 0 Å². The molecule has 33 heavy (non-hydrogen) atoms. The Bertz CT molecular complexity index is 1060. The number of aryl methyl sites for hydroxylation is 1. The number of carbonyl (C=O) groups is 1. The fourth-order valence-corrected chi connectivity index (χ4v) is 6.89. The number of nitrogens with zero attached hydrogens (tertiary/aromatic N) is 1. The fraction of sp³-hybridized carbons (Fsp3) is 0.385. The number of thioether (sulfide) groups is 1. The Morgan fingerprint density at radius 2 is 1.76 bits per heavy atom. The Morgan fingerprint density at radius 3 is 2.52 bits per heavy atom. The standard InChI is InChI=1S/C26H32NO4PS/c1-3-30-25(28)26(31-4-2,18-10-13-21-11-6-5-7-12-21)19-32(29)20-33-24-17-16-22-14-8-9-15-23(22)27-24/h5-9,11-12,14-17,32H,3-4,10,13,18-20H2,1-2H3. The molecule has 0 aliphatic rings. The van der Waals surface area contributed by atoms with E-state index in [0.29, 0.717) is 18.5 Å². The van der Waals surface area contributed by atoms with Crippen molar-refractivity contribution in [3.05, 3.63) is 72.3 Å². The molecule has 0 aliphatic heterocycles. The van der Waals surface area contributed by atoms with E-state index < -0.39 is 19.4 Å². The van der Waals surface area contributed by atoms with Gasteiger partial charge >= 0.3 is 5.97 Å². The van der Waals surface area contributed by atoms with Crippen molar-refractivity contribution in [1.82, 2.24) is 4.98 Å². The molecule has 2 aromatic carbocycles. The molecule has 2 unspecified atom stereocenters. The lowest BCUT2D eigenvalue weighted by Gasteiger charge is -2.31. The van der Waals surface area contributed by atoms with Gasteiger partial charge in [-0.2, -0.15) is 0 Å². The number of carbonyl (C=O) groups excluding carboxylic acids is 1. The molecule has 176 valence electrons. The second-order valence-corrected chi connectivity index (χ2v) is 11.1. The summed E-state index contributed by atoms with van der Waals surface area (Å²) in [5.41, 5.74) is 1.35. The van der Waals surface area contributed by atoms with Gasteiger partial charge in [0, 0.05) is 18.2 Å². The van der Waals surface area contributed by atoms with Gasteiger partial charge in [-0.3, -0.25) is 0 Å². The second-order valence-electron chi connectivity index (χ2n) is 7.83. The molecule has 0 saturated heterocycles. The number of esters is 1. The van der Waals surface area contributed by atoms with Gasteiger partial charge in [-0.15, -0.1) is 0 Å². The van der Waals surface area contributed by atoms with Crippen molar-refractivity contribution >= 4 is 36.4 Å². The molecule has 1 heterocycles. The zero-order valence-electron chi connectivity index (χ0n) is 19.3. The molecule has 0 fully saturated rings. The van der Waals surface area contributed by atoms with Crippen LogP contribution in [0.15, 0.2) is 71.8 Å². The van der Waals surface area contributed by atoms with Gasteiger partial charge in [0.05, 0.1) is 30.4 Å². The van der Waals surface area contributed by atoms with Crippen molar-refractivity contribution in [3.8, 4) is 0 Å². The molecule has 7 heteroatoms. The molecular formula is C26H32NO4PS. The molecule has 0 spiro atoms. The predicted octanol–water partition coefficient (Wildman–Crippen LogP) is 6.21. The van der Waals surface area contributed by atoms with Crippen LogP contribution < -0.4 is 0 Å². The summed E-state index contributed by atoms with van der Waals surface area (Å²) in [6.45, 7) is 4.26. The van der Waals surface area contributed by atoms with Gasteiger partial charge in [0.15, 0.2) is 5.60 Å². The van der Waals surface area contributed by atoms with Crippen LogP contribution in [-0.4, -0.2) is 41.4 Å². The summed E-state index contributed by atoms with van der Waals surface area (Å²) < 4.78 is 24.5. The number of ether oxygens (including phenoxy) is 2. The molecule has 0 amide bonds. The summed E-state index contributed by atoms with van der Waals surface area (Å²) >= 11 is 1.46. The Morgan fingerprint density at radius 1 is 1.00 bits per heavy atom. The van der Waals surface area contributed by atoms with Crippen LogP contribution >= 0.6 is 19.6 Å². The molecule has 0 aliphatic carbocycles. The highest BCUT2D eigenvalue weighted by atomic mass is 32.2. The topological polar surface area (TPSA) is 65.5 Å². The van der Waals surface area contributed by atoms with Crippen LogP contribution in [0.3, 0.4) is 0 Å². The number of hydrogen-bond donors (Lipinski definition) is 0. The van der Waals surface area contributed by atoms with Crippen molar-refractivity contribution in [1.29, 1.82) is 0 Å². The summed E-state index contributed by atoms with van der Waals surface area (Å²) in [5, 5.41) is 1.90.